The number of piperazine rings is 1. The lowest BCUT2D eigenvalue weighted by Crippen LogP contribution is -2.56. The van der Waals surface area contributed by atoms with E-state index in [1.165, 1.54) is 17.9 Å². The van der Waals surface area contributed by atoms with Gasteiger partial charge in [0.25, 0.3) is 17.0 Å². The Kier molecular flexibility index (Phi) is 9.15. The minimum absolute atomic E-state index is 0.0116. The van der Waals surface area contributed by atoms with Crippen molar-refractivity contribution in [2.24, 2.45) is 7.05 Å². The fourth-order valence-corrected chi connectivity index (χ4v) is 6.38. The highest BCUT2D eigenvalue weighted by Gasteiger charge is 2.34. The number of aromatic amines is 1. The van der Waals surface area contributed by atoms with E-state index in [2.05, 4.69) is 20.5 Å². The molecule has 4 aromatic rings. The number of hydrogen-bond acceptors (Lipinski definition) is 8. The van der Waals surface area contributed by atoms with Crippen LogP contribution in [0.3, 0.4) is 0 Å². The van der Waals surface area contributed by atoms with Crippen molar-refractivity contribution >= 4 is 46.1 Å². The first-order valence-electron chi connectivity index (χ1n) is 15.5. The Morgan fingerprint density at radius 3 is 2.57 bits per heavy atom. The number of carbonyl (C=O) groups excluding carboxylic acids is 2. The van der Waals surface area contributed by atoms with E-state index >= 15 is 0 Å². The summed E-state index contributed by atoms with van der Waals surface area (Å²) in [5, 5.41) is 9.53. The number of ether oxygens (including phenoxy) is 1. The number of carbonyl (C=O) groups is 2. The van der Waals surface area contributed by atoms with Crippen LogP contribution in [0, 0.1) is 0 Å². The zero-order chi connectivity index (χ0) is 35.2. The number of amides is 2. The molecule has 0 radical (unpaired) electrons. The van der Waals surface area contributed by atoms with Crippen LogP contribution in [0.15, 0.2) is 40.1 Å². The maximum atomic E-state index is 14.2. The topological polar surface area (TPSA) is 152 Å². The van der Waals surface area contributed by atoms with Crippen LogP contribution in [0.5, 0.6) is 0 Å². The molecule has 5 heterocycles. The number of nitrogens with one attached hydrogen (secondary N) is 2. The van der Waals surface area contributed by atoms with Crippen molar-refractivity contribution < 1.29 is 27.5 Å². The summed E-state index contributed by atoms with van der Waals surface area (Å²) in [6, 6.07) is 2.23. The van der Waals surface area contributed by atoms with Gasteiger partial charge in [-0.3, -0.25) is 23.9 Å². The Morgan fingerprint density at radius 1 is 1.18 bits per heavy atom. The zero-order valence-corrected chi connectivity index (χ0v) is 27.6. The van der Waals surface area contributed by atoms with E-state index in [1.807, 2.05) is 24.8 Å². The van der Waals surface area contributed by atoms with Gasteiger partial charge in [-0.15, -0.1) is 5.10 Å². The number of hydrogen-bond donors (Lipinski definition) is 2. The SMILES string of the molecule is CCc1c(N2CCN(C(=O)c3c[nH]n(C)c3=O)[C@H](C)C2)c(=O)n2nc(C3=CCOCC3)nc2n1CC(=O)Nc1ccc(C(F)(F)F)cc1Cl. The lowest BCUT2D eigenvalue weighted by Gasteiger charge is -2.41. The summed E-state index contributed by atoms with van der Waals surface area (Å²) >= 11 is 6.11. The average molecular weight is 704 g/mol. The van der Waals surface area contributed by atoms with Crippen LogP contribution < -0.4 is 21.3 Å². The molecule has 260 valence electrons. The summed E-state index contributed by atoms with van der Waals surface area (Å²) in [6.07, 6.45) is -0.612. The van der Waals surface area contributed by atoms with Crippen molar-refractivity contribution in [1.82, 2.24) is 33.8 Å². The van der Waals surface area contributed by atoms with Gasteiger partial charge < -0.3 is 29.5 Å². The van der Waals surface area contributed by atoms with Crippen LogP contribution in [0.1, 0.15) is 47.7 Å². The number of nitrogens with zero attached hydrogens (tertiary/aromatic N) is 7. The van der Waals surface area contributed by atoms with Crippen LogP contribution in [0.4, 0.5) is 24.5 Å². The number of benzene rings is 1. The summed E-state index contributed by atoms with van der Waals surface area (Å²) in [7, 11) is 1.51. The Bertz CT molecular complexity index is 2100. The lowest BCUT2D eigenvalue weighted by molar-refractivity contribution is -0.137. The molecule has 1 fully saturated rings. The molecule has 1 aromatic carbocycles. The molecule has 1 atom stereocenters. The van der Waals surface area contributed by atoms with Crippen molar-refractivity contribution in [2.75, 3.05) is 43.1 Å². The number of alkyl halides is 3. The molecule has 1 saturated heterocycles. The van der Waals surface area contributed by atoms with Gasteiger partial charge in [0.2, 0.25) is 11.7 Å². The standard InChI is InChI=1S/C31H33ClF3N9O5/c1-4-23-25(41-9-10-42(17(2)15-41)28(47)20-14-36-40(3)27(20)46)29(48)44-30(38-26(39-44)18-7-11-49-12-8-18)43(23)16-24(45)37-22-6-5-19(13-21(22)32)31(33,34)35/h5-7,13-14,17,36H,4,8-12,15-16H2,1-3H3,(H,37,45)/t17-/m1/s1. The monoisotopic (exact) mass is 703 g/mol. The number of anilines is 2. The van der Waals surface area contributed by atoms with Gasteiger partial charge in [0.05, 0.1) is 35.2 Å². The van der Waals surface area contributed by atoms with Gasteiger partial charge >= 0.3 is 6.18 Å². The maximum absolute atomic E-state index is 14.2. The number of halogens is 4. The van der Waals surface area contributed by atoms with Crippen molar-refractivity contribution in [3.8, 4) is 0 Å². The first-order valence-corrected chi connectivity index (χ1v) is 15.9. The van der Waals surface area contributed by atoms with Crippen LogP contribution in [-0.4, -0.2) is 84.5 Å². The predicted molar refractivity (Wildman–Crippen MR) is 174 cm³/mol. The third kappa shape index (κ3) is 6.47. The van der Waals surface area contributed by atoms with Crippen molar-refractivity contribution in [3.05, 3.63) is 78.8 Å². The minimum atomic E-state index is -4.61. The van der Waals surface area contributed by atoms with E-state index in [0.717, 1.165) is 28.3 Å². The van der Waals surface area contributed by atoms with Gasteiger partial charge in [0.15, 0.2) is 5.82 Å². The number of fused-ring (bicyclic) bond motifs is 1. The predicted octanol–water partition coefficient (Wildman–Crippen LogP) is 2.95. The highest BCUT2D eigenvalue weighted by atomic mass is 35.5. The number of aromatic nitrogens is 6. The van der Waals surface area contributed by atoms with Crippen LogP contribution in [0.25, 0.3) is 11.4 Å². The lowest BCUT2D eigenvalue weighted by atomic mass is 10.1. The Morgan fingerprint density at radius 2 is 1.96 bits per heavy atom. The number of H-pyrrole nitrogens is 1. The smallest absolute Gasteiger partial charge is 0.377 e. The van der Waals surface area contributed by atoms with E-state index in [4.69, 9.17) is 16.3 Å². The molecule has 0 bridgehead atoms. The second-order valence-corrected chi connectivity index (χ2v) is 12.2. The molecule has 2 amide bonds. The summed E-state index contributed by atoms with van der Waals surface area (Å²) < 4.78 is 48.9. The van der Waals surface area contributed by atoms with Crippen LogP contribution in [0.2, 0.25) is 5.02 Å². The quantitative estimate of drug-likeness (QED) is 0.298. The van der Waals surface area contributed by atoms with E-state index in [9.17, 15) is 32.3 Å². The van der Waals surface area contributed by atoms with Gasteiger partial charge in [0.1, 0.15) is 17.8 Å². The van der Waals surface area contributed by atoms with E-state index in [-0.39, 0.29) is 53.9 Å². The molecule has 0 spiro atoms. The minimum Gasteiger partial charge on any atom is -0.377 e. The van der Waals surface area contributed by atoms with Crippen LogP contribution >= 0.6 is 11.6 Å². The average Bonchev–Trinajstić information content (AvgIpc) is 3.66. The Labute approximate surface area is 281 Å². The first kappa shape index (κ1) is 34.0. The third-order valence-corrected chi connectivity index (χ3v) is 8.97. The molecule has 18 heteroatoms. The normalized spacial score (nSPS) is 17.0. The summed E-state index contributed by atoms with van der Waals surface area (Å²) in [4.78, 5) is 61.5. The van der Waals surface area contributed by atoms with Gasteiger partial charge in [-0.1, -0.05) is 24.6 Å². The molecular weight excluding hydrogens is 671 g/mol. The van der Waals surface area contributed by atoms with Gasteiger partial charge in [0, 0.05) is 38.9 Å². The fraction of sp³-hybridized carbons (Fsp3) is 0.419. The molecule has 0 aliphatic carbocycles. The molecule has 3 aromatic heterocycles. The molecular formula is C31H33ClF3N9O5. The molecule has 2 aliphatic heterocycles. The molecule has 6 rings (SSSR count). The van der Waals surface area contributed by atoms with E-state index in [0.29, 0.717) is 37.6 Å². The second-order valence-electron chi connectivity index (χ2n) is 11.8. The Hall–Kier alpha value is -4.90. The summed E-state index contributed by atoms with van der Waals surface area (Å²) in [6.45, 7) is 4.75. The van der Waals surface area contributed by atoms with Crippen molar-refractivity contribution in [3.63, 3.8) is 0 Å². The molecule has 0 unspecified atom stereocenters. The van der Waals surface area contributed by atoms with Gasteiger partial charge in [-0.25, -0.2) is 0 Å². The van der Waals surface area contributed by atoms with Crippen LogP contribution in [-0.2, 0) is 35.7 Å². The summed E-state index contributed by atoms with van der Waals surface area (Å²) in [5.74, 6) is -0.648. The number of rotatable bonds is 7. The third-order valence-electron chi connectivity index (χ3n) is 8.66. The molecule has 0 saturated carbocycles. The number of aryl methyl sites for hydroxylation is 1. The van der Waals surface area contributed by atoms with Crippen molar-refractivity contribution in [1.29, 1.82) is 0 Å². The van der Waals surface area contributed by atoms with Crippen molar-refractivity contribution in [2.45, 2.75) is 45.5 Å². The highest BCUT2D eigenvalue weighted by Crippen LogP contribution is 2.34. The fourth-order valence-electron chi connectivity index (χ4n) is 6.15. The second kappa shape index (κ2) is 13.2. The van der Waals surface area contributed by atoms with E-state index < -0.39 is 40.7 Å². The molecule has 2 aliphatic rings. The van der Waals surface area contributed by atoms with Gasteiger partial charge in [-0.05, 0) is 43.5 Å². The molecule has 2 N–H and O–H groups in total. The molecule has 49 heavy (non-hydrogen) atoms. The van der Waals surface area contributed by atoms with Gasteiger partial charge in [-0.2, -0.15) is 22.7 Å². The summed E-state index contributed by atoms with van der Waals surface area (Å²) in [5.41, 5.74) is -0.361. The Balaban J connectivity index is 1.37. The van der Waals surface area contributed by atoms with E-state index in [1.54, 1.807) is 9.47 Å². The molecule has 14 nitrogen and oxygen atoms in total. The maximum Gasteiger partial charge on any atom is 0.416 e. The first-order chi connectivity index (χ1) is 23.3. The highest BCUT2D eigenvalue weighted by molar-refractivity contribution is 6.33. The largest absolute Gasteiger partial charge is 0.416 e. The zero-order valence-electron chi connectivity index (χ0n) is 26.8.